The van der Waals surface area contributed by atoms with E-state index in [-0.39, 0.29) is 5.43 Å². The molecule has 4 heteroatoms. The van der Waals surface area contributed by atoms with Crippen LogP contribution in [0.5, 0.6) is 0 Å². The maximum atomic E-state index is 12.5. The molecule has 4 nitrogen and oxygen atoms in total. The maximum Gasteiger partial charge on any atom is 0.188 e. The summed E-state index contributed by atoms with van der Waals surface area (Å²) in [6.07, 6.45) is 4.38. The van der Waals surface area contributed by atoms with E-state index >= 15 is 0 Å². The molecule has 6 rings (SSSR count). The largest absolute Gasteiger partial charge is 0.398 e. The van der Waals surface area contributed by atoms with Crippen LogP contribution < -0.4 is 11.2 Å². The highest BCUT2D eigenvalue weighted by molar-refractivity contribution is 6.11. The van der Waals surface area contributed by atoms with Crippen molar-refractivity contribution in [3.05, 3.63) is 107 Å². The number of nitrogen functional groups attached to an aromatic ring is 1. The molecule has 0 saturated heterocycles. The van der Waals surface area contributed by atoms with E-state index in [4.69, 9.17) is 5.73 Å². The standard InChI is InChI=1S/C27H19N3O/c28-22-14-16(12-19-9-8-17-5-2-10-29-26(17)24(19)22)13-20-15-18-4-1-7-23(31)25(18)27-21(20)6-3-11-30-27/h1-12,14-15,30H,13,28H2. The Kier molecular flexibility index (Phi) is 3.80. The van der Waals surface area contributed by atoms with Crippen molar-refractivity contribution in [2.75, 3.05) is 5.73 Å². The second kappa shape index (κ2) is 6.67. The Labute approximate surface area is 178 Å². The van der Waals surface area contributed by atoms with Crippen LogP contribution in [0.4, 0.5) is 5.69 Å². The summed E-state index contributed by atoms with van der Waals surface area (Å²) in [6.45, 7) is 0. The summed E-state index contributed by atoms with van der Waals surface area (Å²) in [5.41, 5.74) is 11.4. The quantitative estimate of drug-likeness (QED) is 0.295. The first-order chi connectivity index (χ1) is 15.2. The molecule has 31 heavy (non-hydrogen) atoms. The number of hydrogen-bond acceptors (Lipinski definition) is 3. The lowest BCUT2D eigenvalue weighted by atomic mass is 9.94. The van der Waals surface area contributed by atoms with Crippen LogP contribution >= 0.6 is 0 Å². The normalized spacial score (nSPS) is 11.6. The van der Waals surface area contributed by atoms with Crippen LogP contribution in [-0.2, 0) is 6.42 Å². The Bertz CT molecular complexity index is 1700. The van der Waals surface area contributed by atoms with Gasteiger partial charge in [0.25, 0.3) is 0 Å². The zero-order valence-corrected chi connectivity index (χ0v) is 16.7. The Hall–Kier alpha value is -4.18. The molecule has 0 saturated carbocycles. The van der Waals surface area contributed by atoms with E-state index in [0.717, 1.165) is 60.2 Å². The van der Waals surface area contributed by atoms with Gasteiger partial charge in [0, 0.05) is 34.2 Å². The molecule has 0 spiro atoms. The number of hydrogen-bond donors (Lipinski definition) is 2. The van der Waals surface area contributed by atoms with Gasteiger partial charge in [-0.05, 0) is 58.7 Å². The van der Waals surface area contributed by atoms with Gasteiger partial charge < -0.3 is 10.7 Å². The Morgan fingerprint density at radius 3 is 2.61 bits per heavy atom. The van der Waals surface area contributed by atoms with Gasteiger partial charge in [0.05, 0.1) is 16.4 Å². The third-order valence-corrected chi connectivity index (χ3v) is 6.01. The highest BCUT2D eigenvalue weighted by atomic mass is 16.1. The van der Waals surface area contributed by atoms with E-state index in [1.807, 2.05) is 36.5 Å². The molecule has 6 aromatic rings. The predicted octanol–water partition coefficient (Wildman–Crippen LogP) is 5.56. The molecule has 0 unspecified atom stereocenters. The van der Waals surface area contributed by atoms with Crippen LogP contribution in [0.25, 0.3) is 43.4 Å². The summed E-state index contributed by atoms with van der Waals surface area (Å²) in [4.78, 5) is 20.4. The molecular weight excluding hydrogens is 382 g/mol. The van der Waals surface area contributed by atoms with Crippen LogP contribution in [0.1, 0.15) is 11.1 Å². The van der Waals surface area contributed by atoms with Crippen molar-refractivity contribution in [2.45, 2.75) is 6.42 Å². The molecule has 0 aliphatic rings. The molecule has 0 radical (unpaired) electrons. The van der Waals surface area contributed by atoms with Gasteiger partial charge in [-0.3, -0.25) is 9.78 Å². The van der Waals surface area contributed by atoms with Gasteiger partial charge in [-0.25, -0.2) is 0 Å². The third-order valence-electron chi connectivity index (χ3n) is 6.01. The van der Waals surface area contributed by atoms with E-state index < -0.39 is 0 Å². The molecule has 2 aromatic heterocycles. The number of fused-ring (bicyclic) bond motifs is 6. The fraction of sp³-hybridized carbons (Fsp3) is 0.0370. The number of pyridine rings is 2. The summed E-state index contributed by atoms with van der Waals surface area (Å²) >= 11 is 0. The summed E-state index contributed by atoms with van der Waals surface area (Å²) < 4.78 is 0. The Balaban J connectivity index is 1.57. The molecule has 4 aromatic carbocycles. The molecule has 0 fully saturated rings. The first-order valence-electron chi connectivity index (χ1n) is 10.3. The minimum Gasteiger partial charge on any atom is -0.398 e. The van der Waals surface area contributed by atoms with Gasteiger partial charge in [-0.15, -0.1) is 0 Å². The van der Waals surface area contributed by atoms with Crippen LogP contribution in [0.3, 0.4) is 0 Å². The van der Waals surface area contributed by atoms with E-state index in [9.17, 15) is 4.79 Å². The van der Waals surface area contributed by atoms with Crippen molar-refractivity contribution >= 4 is 49.0 Å². The van der Waals surface area contributed by atoms with Gasteiger partial charge in [0.1, 0.15) is 0 Å². The zero-order valence-electron chi connectivity index (χ0n) is 16.7. The number of nitrogens with zero attached hydrogens (tertiary/aromatic N) is 1. The molecule has 0 bridgehead atoms. The van der Waals surface area contributed by atoms with Gasteiger partial charge in [0.2, 0.25) is 0 Å². The average Bonchev–Trinajstić information content (AvgIpc) is 2.79. The number of aromatic amines is 1. The second-order valence-corrected chi connectivity index (χ2v) is 7.95. The summed E-state index contributed by atoms with van der Waals surface area (Å²) in [5.74, 6) is 0. The average molecular weight is 401 g/mol. The van der Waals surface area contributed by atoms with Gasteiger partial charge in [0.15, 0.2) is 5.43 Å². The molecule has 0 aliphatic carbocycles. The number of nitrogens with one attached hydrogen (secondary N) is 1. The van der Waals surface area contributed by atoms with Crippen LogP contribution in [0.2, 0.25) is 0 Å². The molecule has 0 amide bonds. The highest BCUT2D eigenvalue weighted by Crippen LogP contribution is 2.32. The summed E-state index contributed by atoms with van der Waals surface area (Å²) in [5, 5.41) is 5.89. The number of anilines is 1. The van der Waals surface area contributed by atoms with Crippen molar-refractivity contribution in [2.24, 2.45) is 0 Å². The highest BCUT2D eigenvalue weighted by Gasteiger charge is 2.12. The van der Waals surface area contributed by atoms with Crippen molar-refractivity contribution in [1.29, 1.82) is 0 Å². The molecular formula is C27H19N3O. The number of rotatable bonds is 2. The number of benzene rings is 4. The summed E-state index contributed by atoms with van der Waals surface area (Å²) in [6, 6.07) is 24.0. The molecule has 148 valence electrons. The lowest BCUT2D eigenvalue weighted by Gasteiger charge is -2.13. The smallest absolute Gasteiger partial charge is 0.188 e. The van der Waals surface area contributed by atoms with Crippen molar-refractivity contribution < 1.29 is 0 Å². The van der Waals surface area contributed by atoms with Crippen LogP contribution in [-0.4, -0.2) is 9.97 Å². The van der Waals surface area contributed by atoms with Crippen LogP contribution in [0, 0.1) is 0 Å². The summed E-state index contributed by atoms with van der Waals surface area (Å²) in [7, 11) is 0. The minimum atomic E-state index is 0.0332. The fourth-order valence-corrected chi connectivity index (χ4v) is 4.68. The SMILES string of the molecule is Nc1cc(Cc2cc3cccc(=O)c3c3[nH]cccc23)cc2ccc3cccnc3c12. The predicted molar refractivity (Wildman–Crippen MR) is 129 cm³/mol. The first kappa shape index (κ1) is 17.7. The topological polar surface area (TPSA) is 71.8 Å². The Morgan fingerprint density at radius 1 is 0.839 bits per heavy atom. The lowest BCUT2D eigenvalue weighted by Crippen LogP contribution is -2.02. The minimum absolute atomic E-state index is 0.0332. The molecule has 0 aliphatic heterocycles. The lowest BCUT2D eigenvalue weighted by molar-refractivity contribution is 1.22. The van der Waals surface area contributed by atoms with Gasteiger partial charge in [-0.1, -0.05) is 42.5 Å². The maximum absolute atomic E-state index is 12.5. The zero-order chi connectivity index (χ0) is 20.9. The second-order valence-electron chi connectivity index (χ2n) is 7.95. The van der Waals surface area contributed by atoms with E-state index in [1.165, 1.54) is 0 Å². The van der Waals surface area contributed by atoms with Crippen molar-refractivity contribution in [3.8, 4) is 0 Å². The Morgan fingerprint density at radius 2 is 1.68 bits per heavy atom. The molecule has 3 N–H and O–H groups in total. The van der Waals surface area contributed by atoms with Crippen LogP contribution in [0.15, 0.2) is 90.0 Å². The monoisotopic (exact) mass is 401 g/mol. The first-order valence-corrected chi connectivity index (χ1v) is 10.3. The fourth-order valence-electron chi connectivity index (χ4n) is 4.68. The van der Waals surface area contributed by atoms with Gasteiger partial charge in [-0.2, -0.15) is 0 Å². The van der Waals surface area contributed by atoms with Crippen molar-refractivity contribution in [1.82, 2.24) is 9.97 Å². The van der Waals surface area contributed by atoms with Gasteiger partial charge >= 0.3 is 0 Å². The number of aromatic nitrogens is 2. The molecule has 0 atom stereocenters. The molecule has 2 heterocycles. The number of nitrogens with two attached hydrogens (primary N) is 1. The van der Waals surface area contributed by atoms with E-state index in [0.29, 0.717) is 6.42 Å². The van der Waals surface area contributed by atoms with E-state index in [1.54, 1.807) is 12.3 Å². The van der Waals surface area contributed by atoms with Crippen molar-refractivity contribution in [3.63, 3.8) is 0 Å². The number of H-pyrrole nitrogens is 1. The third kappa shape index (κ3) is 2.76. The van der Waals surface area contributed by atoms with E-state index in [2.05, 4.69) is 46.4 Å².